The minimum atomic E-state index is -0.159. The number of amides is 1. The highest BCUT2D eigenvalue weighted by molar-refractivity contribution is 5.90. The molecule has 2 rings (SSSR count). The third-order valence-corrected chi connectivity index (χ3v) is 3.06. The molecule has 0 bridgehead atoms. The second kappa shape index (κ2) is 5.72. The second-order valence-corrected chi connectivity index (χ2v) is 4.23. The van der Waals surface area contributed by atoms with E-state index in [4.69, 9.17) is 0 Å². The largest absolute Gasteiger partial charge is 0.335 e. The normalized spacial score (nSPS) is 20.2. The monoisotopic (exact) mass is 238 g/mol. The number of nitrogens with zero attached hydrogens (tertiary/aromatic N) is 4. The summed E-state index contributed by atoms with van der Waals surface area (Å²) in [5.41, 5.74) is 0. The molecule has 1 fully saturated rings. The fraction of sp³-hybridized carbons (Fsp3) is 0.800. The van der Waals surface area contributed by atoms with E-state index < -0.39 is 0 Å². The van der Waals surface area contributed by atoms with E-state index in [1.807, 2.05) is 6.92 Å². The van der Waals surface area contributed by atoms with Crippen molar-refractivity contribution in [1.29, 1.82) is 0 Å². The standard InChI is InChI=1S/C10H18N6O/c1-2-16(7-8-5-3-4-6-11-8)10(17)9-12-14-15-13-9/h8,11H,2-7H2,1H3,(H,12,13,14,15). The number of likely N-dealkylation sites (N-methyl/N-ethyl adjacent to an activating group) is 1. The first-order valence-electron chi connectivity index (χ1n) is 6.07. The van der Waals surface area contributed by atoms with Gasteiger partial charge < -0.3 is 10.2 Å². The summed E-state index contributed by atoms with van der Waals surface area (Å²) < 4.78 is 0. The molecule has 7 nitrogen and oxygen atoms in total. The summed E-state index contributed by atoms with van der Waals surface area (Å²) >= 11 is 0. The van der Waals surface area contributed by atoms with Gasteiger partial charge in [-0.15, -0.1) is 10.2 Å². The molecule has 1 aliphatic heterocycles. The van der Waals surface area contributed by atoms with Gasteiger partial charge in [0.05, 0.1) is 0 Å². The number of hydrogen-bond acceptors (Lipinski definition) is 5. The maximum Gasteiger partial charge on any atom is 0.295 e. The average Bonchev–Trinajstić information content (AvgIpc) is 2.90. The first kappa shape index (κ1) is 12.0. The van der Waals surface area contributed by atoms with Gasteiger partial charge in [0.25, 0.3) is 11.7 Å². The molecule has 1 unspecified atom stereocenters. The first-order valence-corrected chi connectivity index (χ1v) is 6.07. The Morgan fingerprint density at radius 3 is 3.00 bits per heavy atom. The minimum absolute atomic E-state index is 0.141. The molecule has 2 heterocycles. The van der Waals surface area contributed by atoms with Crippen LogP contribution in [-0.2, 0) is 0 Å². The van der Waals surface area contributed by atoms with Gasteiger partial charge in [-0.05, 0) is 31.5 Å². The number of aromatic nitrogens is 4. The van der Waals surface area contributed by atoms with Crippen molar-refractivity contribution in [3.63, 3.8) is 0 Å². The molecular weight excluding hydrogens is 220 g/mol. The fourth-order valence-electron chi connectivity index (χ4n) is 2.10. The van der Waals surface area contributed by atoms with Crippen LogP contribution in [-0.4, -0.2) is 57.1 Å². The van der Waals surface area contributed by atoms with Crippen molar-refractivity contribution in [3.05, 3.63) is 5.82 Å². The number of carbonyl (C=O) groups is 1. The highest BCUT2D eigenvalue weighted by Crippen LogP contribution is 2.09. The Morgan fingerprint density at radius 1 is 1.53 bits per heavy atom. The van der Waals surface area contributed by atoms with Gasteiger partial charge in [0.2, 0.25) is 0 Å². The van der Waals surface area contributed by atoms with E-state index in [2.05, 4.69) is 25.9 Å². The van der Waals surface area contributed by atoms with Crippen molar-refractivity contribution in [2.45, 2.75) is 32.2 Å². The Labute approximate surface area is 100.0 Å². The van der Waals surface area contributed by atoms with Crippen LogP contribution in [0, 0.1) is 0 Å². The summed E-state index contributed by atoms with van der Waals surface area (Å²) in [6.45, 7) is 4.37. The highest BCUT2D eigenvalue weighted by Gasteiger charge is 2.22. The van der Waals surface area contributed by atoms with Gasteiger partial charge in [-0.1, -0.05) is 6.42 Å². The van der Waals surface area contributed by atoms with Crippen LogP contribution in [0.2, 0.25) is 0 Å². The number of aromatic amines is 1. The number of tetrazole rings is 1. The lowest BCUT2D eigenvalue weighted by molar-refractivity contribution is 0.0729. The van der Waals surface area contributed by atoms with E-state index in [1.165, 1.54) is 12.8 Å². The molecular formula is C10H18N6O. The summed E-state index contributed by atoms with van der Waals surface area (Å²) in [4.78, 5) is 13.8. The molecule has 17 heavy (non-hydrogen) atoms. The van der Waals surface area contributed by atoms with Crippen molar-refractivity contribution >= 4 is 5.91 Å². The molecule has 2 N–H and O–H groups in total. The van der Waals surface area contributed by atoms with Gasteiger partial charge >= 0.3 is 0 Å². The minimum Gasteiger partial charge on any atom is -0.335 e. The zero-order valence-electron chi connectivity index (χ0n) is 10.0. The summed E-state index contributed by atoms with van der Waals surface area (Å²) in [6, 6.07) is 0.388. The fourth-order valence-corrected chi connectivity index (χ4v) is 2.10. The predicted octanol–water partition coefficient (Wildman–Crippen LogP) is -0.196. The van der Waals surface area contributed by atoms with E-state index in [-0.39, 0.29) is 11.7 Å². The van der Waals surface area contributed by atoms with Crippen LogP contribution in [0.1, 0.15) is 36.8 Å². The molecule has 0 spiro atoms. The zero-order valence-corrected chi connectivity index (χ0v) is 10.0. The van der Waals surface area contributed by atoms with Crippen molar-refractivity contribution in [2.24, 2.45) is 0 Å². The van der Waals surface area contributed by atoms with E-state index in [9.17, 15) is 4.79 Å². The van der Waals surface area contributed by atoms with Crippen LogP contribution in [0.25, 0.3) is 0 Å². The second-order valence-electron chi connectivity index (χ2n) is 4.23. The molecule has 1 aromatic rings. The Hall–Kier alpha value is -1.50. The number of H-pyrrole nitrogens is 1. The van der Waals surface area contributed by atoms with Crippen molar-refractivity contribution < 1.29 is 4.79 Å². The maximum absolute atomic E-state index is 12.0. The van der Waals surface area contributed by atoms with Gasteiger partial charge in [0.15, 0.2) is 0 Å². The lowest BCUT2D eigenvalue weighted by Gasteiger charge is -2.29. The van der Waals surface area contributed by atoms with Crippen molar-refractivity contribution in [3.8, 4) is 0 Å². The van der Waals surface area contributed by atoms with Crippen molar-refractivity contribution in [2.75, 3.05) is 19.6 Å². The summed E-state index contributed by atoms with van der Waals surface area (Å²) in [6.07, 6.45) is 3.57. The Kier molecular flexibility index (Phi) is 4.03. The topological polar surface area (TPSA) is 86.8 Å². The Morgan fingerprint density at radius 2 is 2.41 bits per heavy atom. The molecule has 0 aliphatic carbocycles. The molecule has 0 saturated carbocycles. The third kappa shape index (κ3) is 3.00. The lowest BCUT2D eigenvalue weighted by atomic mass is 10.0. The van der Waals surface area contributed by atoms with Crippen LogP contribution in [0.4, 0.5) is 0 Å². The van der Waals surface area contributed by atoms with Crippen LogP contribution >= 0.6 is 0 Å². The molecule has 7 heteroatoms. The number of nitrogens with one attached hydrogen (secondary N) is 2. The lowest BCUT2D eigenvalue weighted by Crippen LogP contribution is -2.46. The zero-order chi connectivity index (χ0) is 12.1. The molecule has 1 aromatic heterocycles. The molecule has 0 aromatic carbocycles. The van der Waals surface area contributed by atoms with Crippen molar-refractivity contribution in [1.82, 2.24) is 30.8 Å². The molecule has 94 valence electrons. The van der Waals surface area contributed by atoms with E-state index >= 15 is 0 Å². The number of piperidine rings is 1. The van der Waals surface area contributed by atoms with E-state index in [1.54, 1.807) is 4.90 Å². The number of rotatable bonds is 4. The molecule has 1 saturated heterocycles. The van der Waals surface area contributed by atoms with Gasteiger partial charge in [0.1, 0.15) is 0 Å². The van der Waals surface area contributed by atoms with Gasteiger partial charge in [0, 0.05) is 19.1 Å². The average molecular weight is 238 g/mol. The summed E-state index contributed by atoms with van der Waals surface area (Å²) in [7, 11) is 0. The molecule has 1 atom stereocenters. The molecule has 1 aliphatic rings. The number of carbonyl (C=O) groups excluding carboxylic acids is 1. The third-order valence-electron chi connectivity index (χ3n) is 3.06. The quantitative estimate of drug-likeness (QED) is 0.759. The molecule has 0 radical (unpaired) electrons. The number of hydrogen-bond donors (Lipinski definition) is 2. The Bertz CT molecular complexity index is 346. The van der Waals surface area contributed by atoms with Crippen LogP contribution in [0.3, 0.4) is 0 Å². The smallest absolute Gasteiger partial charge is 0.295 e. The highest BCUT2D eigenvalue weighted by atomic mass is 16.2. The van der Waals surface area contributed by atoms with E-state index in [0.29, 0.717) is 19.1 Å². The van der Waals surface area contributed by atoms with Crippen LogP contribution in [0.5, 0.6) is 0 Å². The first-order chi connectivity index (χ1) is 8.31. The SMILES string of the molecule is CCN(CC1CCCCN1)C(=O)c1nn[nH]n1. The summed E-state index contributed by atoms with van der Waals surface area (Å²) in [5.74, 6) is -0.0173. The summed E-state index contributed by atoms with van der Waals surface area (Å²) in [5, 5.41) is 16.6. The molecule has 1 amide bonds. The maximum atomic E-state index is 12.0. The van der Waals surface area contributed by atoms with Gasteiger partial charge in [-0.3, -0.25) is 4.79 Å². The Balaban J connectivity index is 1.93. The van der Waals surface area contributed by atoms with Crippen LogP contribution < -0.4 is 5.32 Å². The van der Waals surface area contributed by atoms with Crippen LogP contribution in [0.15, 0.2) is 0 Å². The van der Waals surface area contributed by atoms with E-state index in [0.717, 1.165) is 13.0 Å². The van der Waals surface area contributed by atoms with Gasteiger partial charge in [-0.2, -0.15) is 5.21 Å². The van der Waals surface area contributed by atoms with Gasteiger partial charge in [-0.25, -0.2) is 0 Å². The predicted molar refractivity (Wildman–Crippen MR) is 61.4 cm³/mol.